The Bertz CT molecular complexity index is 773. The van der Waals surface area contributed by atoms with Crippen molar-refractivity contribution in [1.29, 1.82) is 0 Å². The summed E-state index contributed by atoms with van der Waals surface area (Å²) in [6.07, 6.45) is 2.12. The molecule has 2 aromatic rings. The van der Waals surface area contributed by atoms with Crippen LogP contribution in [0.3, 0.4) is 0 Å². The number of amides is 1. The Morgan fingerprint density at radius 3 is 2.78 bits per heavy atom. The lowest BCUT2D eigenvalue weighted by Crippen LogP contribution is -2.48. The number of carbonyl (C=O) groups excluding carboxylic acids is 1. The first kappa shape index (κ1) is 16.1. The van der Waals surface area contributed by atoms with E-state index in [0.29, 0.717) is 5.09 Å². The molecule has 23 heavy (non-hydrogen) atoms. The number of thioether (sulfide) groups is 1. The van der Waals surface area contributed by atoms with E-state index >= 15 is 0 Å². The quantitative estimate of drug-likeness (QED) is 0.806. The normalized spacial score (nSPS) is 17.0. The first-order valence-electron chi connectivity index (χ1n) is 6.95. The molecule has 0 spiro atoms. The van der Waals surface area contributed by atoms with Gasteiger partial charge in [0, 0.05) is 17.4 Å². The first-order valence-corrected chi connectivity index (χ1v) is 8.97. The molecular formula is C16H14BrNO4S. The topological polar surface area (TPSA) is 70.8 Å². The predicted molar refractivity (Wildman–Crippen MR) is 89.6 cm³/mol. The van der Waals surface area contributed by atoms with Crippen LogP contribution < -0.4 is 0 Å². The highest BCUT2D eigenvalue weighted by molar-refractivity contribution is 9.10. The van der Waals surface area contributed by atoms with E-state index in [1.54, 1.807) is 12.1 Å². The SMILES string of the molecule is CSc1ccc(C(=O)N2Cc3cccc(Br)c3CC2C(=O)O)o1. The maximum atomic E-state index is 12.7. The van der Waals surface area contributed by atoms with Crippen LogP contribution in [0.2, 0.25) is 0 Å². The average Bonchev–Trinajstić information content (AvgIpc) is 3.02. The lowest BCUT2D eigenvalue weighted by Gasteiger charge is -2.34. The summed E-state index contributed by atoms with van der Waals surface area (Å²) in [5, 5.41) is 10.2. The highest BCUT2D eigenvalue weighted by Crippen LogP contribution is 2.31. The minimum absolute atomic E-state index is 0.166. The van der Waals surface area contributed by atoms with Gasteiger partial charge in [0.1, 0.15) is 6.04 Å². The maximum absolute atomic E-state index is 12.7. The molecule has 0 fully saturated rings. The third-order valence-corrected chi connectivity index (χ3v) is 5.23. The molecule has 1 aromatic heterocycles. The molecule has 0 saturated carbocycles. The van der Waals surface area contributed by atoms with Crippen LogP contribution in [-0.4, -0.2) is 34.2 Å². The van der Waals surface area contributed by atoms with Crippen molar-refractivity contribution in [3.63, 3.8) is 0 Å². The summed E-state index contributed by atoms with van der Waals surface area (Å²) in [5.41, 5.74) is 1.88. The van der Waals surface area contributed by atoms with Crippen LogP contribution in [0.15, 0.2) is 44.3 Å². The molecule has 7 heteroatoms. The maximum Gasteiger partial charge on any atom is 0.326 e. The molecule has 0 bridgehead atoms. The number of fused-ring (bicyclic) bond motifs is 1. The molecule has 1 atom stereocenters. The molecule has 1 amide bonds. The number of furan rings is 1. The molecule has 1 aromatic carbocycles. The molecular weight excluding hydrogens is 382 g/mol. The van der Waals surface area contributed by atoms with Crippen molar-refractivity contribution in [2.45, 2.75) is 24.1 Å². The van der Waals surface area contributed by atoms with Gasteiger partial charge in [-0.15, -0.1) is 0 Å². The van der Waals surface area contributed by atoms with Crippen LogP contribution in [0.25, 0.3) is 0 Å². The number of carboxylic acid groups (broad SMARTS) is 1. The first-order chi connectivity index (χ1) is 11.0. The van der Waals surface area contributed by atoms with Gasteiger partial charge in [0.2, 0.25) is 0 Å². The van der Waals surface area contributed by atoms with Crippen molar-refractivity contribution in [3.05, 3.63) is 51.7 Å². The highest BCUT2D eigenvalue weighted by Gasteiger charge is 2.36. The number of hydrogen-bond acceptors (Lipinski definition) is 4. The van der Waals surface area contributed by atoms with E-state index in [1.807, 2.05) is 24.5 Å². The van der Waals surface area contributed by atoms with Crippen LogP contribution in [0, 0.1) is 0 Å². The number of halogens is 1. The Labute approximate surface area is 145 Å². The second kappa shape index (κ2) is 6.41. The summed E-state index contributed by atoms with van der Waals surface area (Å²) in [6, 6.07) is 8.06. The van der Waals surface area contributed by atoms with Crippen LogP contribution in [0.4, 0.5) is 0 Å². The van der Waals surface area contributed by atoms with Gasteiger partial charge in [-0.3, -0.25) is 4.79 Å². The van der Waals surface area contributed by atoms with Gasteiger partial charge >= 0.3 is 5.97 Å². The summed E-state index contributed by atoms with van der Waals surface area (Å²) in [5.74, 6) is -1.25. The van der Waals surface area contributed by atoms with Crippen molar-refractivity contribution in [3.8, 4) is 0 Å². The fraction of sp³-hybridized carbons (Fsp3) is 0.250. The number of aliphatic carboxylic acids is 1. The number of nitrogens with zero attached hydrogens (tertiary/aromatic N) is 1. The van der Waals surface area contributed by atoms with Gasteiger partial charge in [0.25, 0.3) is 5.91 Å². The molecule has 1 N–H and O–H groups in total. The Balaban J connectivity index is 1.96. The summed E-state index contributed by atoms with van der Waals surface area (Å²) in [6.45, 7) is 0.250. The molecule has 1 unspecified atom stereocenters. The van der Waals surface area contributed by atoms with Crippen molar-refractivity contribution >= 4 is 39.6 Å². The van der Waals surface area contributed by atoms with Gasteiger partial charge in [0.15, 0.2) is 10.9 Å². The van der Waals surface area contributed by atoms with E-state index in [2.05, 4.69) is 15.9 Å². The third kappa shape index (κ3) is 3.03. The largest absolute Gasteiger partial charge is 0.480 e. The summed E-state index contributed by atoms with van der Waals surface area (Å²) in [7, 11) is 0. The lowest BCUT2D eigenvalue weighted by atomic mass is 9.93. The Hall–Kier alpha value is -1.73. The van der Waals surface area contributed by atoms with Gasteiger partial charge in [-0.1, -0.05) is 39.8 Å². The van der Waals surface area contributed by atoms with Crippen molar-refractivity contribution in [2.24, 2.45) is 0 Å². The lowest BCUT2D eigenvalue weighted by molar-refractivity contribution is -0.142. The van der Waals surface area contributed by atoms with Crippen LogP contribution in [-0.2, 0) is 17.8 Å². The molecule has 3 rings (SSSR count). The zero-order valence-electron chi connectivity index (χ0n) is 12.3. The van der Waals surface area contributed by atoms with E-state index in [-0.39, 0.29) is 18.7 Å². The van der Waals surface area contributed by atoms with Gasteiger partial charge in [-0.2, -0.15) is 0 Å². The number of hydrogen-bond donors (Lipinski definition) is 1. The van der Waals surface area contributed by atoms with Crippen molar-refractivity contribution in [2.75, 3.05) is 6.26 Å². The second-order valence-electron chi connectivity index (χ2n) is 5.19. The van der Waals surface area contributed by atoms with Crippen molar-refractivity contribution in [1.82, 2.24) is 4.90 Å². The molecule has 0 saturated heterocycles. The van der Waals surface area contributed by atoms with E-state index in [0.717, 1.165) is 15.6 Å². The van der Waals surface area contributed by atoms with Gasteiger partial charge in [0.05, 0.1) is 0 Å². The number of rotatable bonds is 3. The Morgan fingerprint density at radius 2 is 2.13 bits per heavy atom. The van der Waals surface area contributed by atoms with E-state index in [9.17, 15) is 14.7 Å². The molecule has 1 aliphatic heterocycles. The summed E-state index contributed by atoms with van der Waals surface area (Å²) < 4.78 is 6.33. The van der Waals surface area contributed by atoms with Crippen LogP contribution in [0.1, 0.15) is 21.7 Å². The zero-order valence-corrected chi connectivity index (χ0v) is 14.7. The smallest absolute Gasteiger partial charge is 0.326 e. The van der Waals surface area contributed by atoms with Gasteiger partial charge < -0.3 is 14.4 Å². The molecule has 5 nitrogen and oxygen atoms in total. The monoisotopic (exact) mass is 395 g/mol. The van der Waals surface area contributed by atoms with Crippen molar-refractivity contribution < 1.29 is 19.1 Å². The van der Waals surface area contributed by atoms with Gasteiger partial charge in [-0.05, 0) is 35.6 Å². The van der Waals surface area contributed by atoms with Crippen LogP contribution >= 0.6 is 27.7 Å². The second-order valence-corrected chi connectivity index (χ2v) is 6.86. The highest BCUT2D eigenvalue weighted by atomic mass is 79.9. The standard InChI is InChI=1S/C16H14BrNO4S/c1-23-14-6-5-13(22-14)15(19)18-8-9-3-2-4-11(17)10(9)7-12(18)16(20)21/h2-6,12H,7-8H2,1H3,(H,20,21). The predicted octanol–water partition coefficient (Wildman–Crippen LogP) is 3.42. The number of carbonyl (C=O) groups is 2. The fourth-order valence-corrected chi connectivity index (χ4v) is 3.64. The minimum Gasteiger partial charge on any atom is -0.480 e. The molecule has 120 valence electrons. The molecule has 1 aliphatic rings. The van der Waals surface area contributed by atoms with E-state index in [4.69, 9.17) is 4.42 Å². The number of carboxylic acids is 1. The molecule has 0 aliphatic carbocycles. The summed E-state index contributed by atoms with van der Waals surface area (Å²) in [4.78, 5) is 25.7. The molecule has 0 radical (unpaired) electrons. The Kier molecular flexibility index (Phi) is 4.50. The third-order valence-electron chi connectivity index (χ3n) is 3.87. The van der Waals surface area contributed by atoms with Crippen LogP contribution in [0.5, 0.6) is 0 Å². The van der Waals surface area contributed by atoms with Gasteiger partial charge in [-0.25, -0.2) is 4.79 Å². The Morgan fingerprint density at radius 1 is 1.35 bits per heavy atom. The summed E-state index contributed by atoms with van der Waals surface area (Å²) >= 11 is 4.85. The number of benzene rings is 1. The van der Waals surface area contributed by atoms with E-state index < -0.39 is 17.9 Å². The minimum atomic E-state index is -1.02. The van der Waals surface area contributed by atoms with E-state index in [1.165, 1.54) is 16.7 Å². The zero-order chi connectivity index (χ0) is 16.6. The molecule has 2 heterocycles. The average molecular weight is 396 g/mol. The fourth-order valence-electron chi connectivity index (χ4n) is 2.70.